The molecule has 4 N–H and O–H groups in total. The maximum absolute atomic E-state index is 13.9. The van der Waals surface area contributed by atoms with Crippen molar-refractivity contribution in [3.05, 3.63) is 71.6 Å². The number of nitrogens with one attached hydrogen (secondary N) is 4. The number of likely N-dealkylation sites (tertiary alicyclic amines) is 2. The number of hydrogen-bond acceptors (Lipinski definition) is 9. The van der Waals surface area contributed by atoms with Crippen LogP contribution >= 0.6 is 0 Å². The van der Waals surface area contributed by atoms with Crippen LogP contribution < -0.4 is 10.6 Å². The highest BCUT2D eigenvalue weighted by molar-refractivity contribution is 6.03. The van der Waals surface area contributed by atoms with Gasteiger partial charge in [0.2, 0.25) is 11.8 Å². The lowest BCUT2D eigenvalue weighted by Crippen LogP contribution is -2.51. The Morgan fingerprint density at radius 3 is 1.66 bits per heavy atom. The molecule has 3 aliphatic heterocycles. The molecule has 1 unspecified atom stereocenters. The first-order valence-electron chi connectivity index (χ1n) is 20.2. The summed E-state index contributed by atoms with van der Waals surface area (Å²) >= 11 is 0. The number of benzene rings is 2. The van der Waals surface area contributed by atoms with E-state index in [1.54, 1.807) is 34.1 Å². The van der Waals surface area contributed by atoms with Crippen molar-refractivity contribution in [1.29, 1.82) is 0 Å². The second-order valence-corrected chi connectivity index (χ2v) is 16.3. The first kappa shape index (κ1) is 41.0. The number of aromatic amines is 2. The standard InChI is InChI=1S/C43H53N9O7/c1-23(2)35(48-42(56)58-6)40(54)51-16-8-10-33(51)37-44-20-31(46-37)25-12-14-28-27(18-25)22-50(5)39(53)30-19-26(13-15-29(28)30)32-21-45-38(47-32)34-11-9-17-52(34)41(55)36(24(3)4)49-43(57)59-7/h12-15,18-21,23-24,33-36H,8-11,16-17,22H2,1-7H3,(H,44,46)(H,45,47)(H,48,56)(H,49,57)/t33-,34-,35?,36-/m0/s1. The van der Waals surface area contributed by atoms with E-state index in [9.17, 15) is 24.0 Å². The van der Waals surface area contributed by atoms with Gasteiger partial charge in [0.15, 0.2) is 0 Å². The second-order valence-electron chi connectivity index (χ2n) is 16.3. The first-order valence-corrected chi connectivity index (χ1v) is 20.2. The molecule has 59 heavy (non-hydrogen) atoms. The van der Waals surface area contributed by atoms with Crippen molar-refractivity contribution >= 4 is 29.9 Å². The number of fused-ring (bicyclic) bond motifs is 3. The number of carbonyl (C=O) groups is 5. The van der Waals surface area contributed by atoms with Crippen molar-refractivity contribution in [2.75, 3.05) is 34.4 Å². The molecular weight excluding hydrogens is 755 g/mol. The van der Waals surface area contributed by atoms with Crippen LogP contribution in [0, 0.1) is 11.8 Å². The molecular formula is C43H53N9O7. The van der Waals surface area contributed by atoms with Crippen molar-refractivity contribution in [2.45, 2.75) is 84.1 Å². The fourth-order valence-electron chi connectivity index (χ4n) is 8.50. The molecule has 16 nitrogen and oxygen atoms in total. The van der Waals surface area contributed by atoms with E-state index >= 15 is 0 Å². The number of imidazole rings is 2. The third kappa shape index (κ3) is 8.12. The van der Waals surface area contributed by atoms with Gasteiger partial charge < -0.3 is 44.8 Å². The van der Waals surface area contributed by atoms with Crippen molar-refractivity contribution in [3.8, 4) is 33.6 Å². The number of aromatic nitrogens is 4. The van der Waals surface area contributed by atoms with Gasteiger partial charge in [0, 0.05) is 37.8 Å². The molecule has 2 saturated heterocycles. The Balaban J connectivity index is 1.11. The summed E-state index contributed by atoms with van der Waals surface area (Å²) < 4.78 is 9.54. The maximum Gasteiger partial charge on any atom is 0.407 e. The third-order valence-corrected chi connectivity index (χ3v) is 11.7. The van der Waals surface area contributed by atoms with Gasteiger partial charge in [0.1, 0.15) is 23.7 Å². The molecule has 7 rings (SSSR count). The summed E-state index contributed by atoms with van der Waals surface area (Å²) in [4.78, 5) is 86.9. The normalized spacial score (nSPS) is 18.7. The minimum Gasteiger partial charge on any atom is -0.453 e. The van der Waals surface area contributed by atoms with E-state index in [1.165, 1.54) is 14.2 Å². The average Bonchev–Trinajstić information content (AvgIpc) is 4.07. The van der Waals surface area contributed by atoms with Crippen molar-refractivity contribution in [3.63, 3.8) is 0 Å². The molecule has 0 radical (unpaired) electrons. The summed E-state index contributed by atoms with van der Waals surface area (Å²) in [7, 11) is 4.35. The van der Waals surface area contributed by atoms with E-state index in [4.69, 9.17) is 19.4 Å². The van der Waals surface area contributed by atoms with Gasteiger partial charge in [0.05, 0.1) is 50.1 Å². The Morgan fingerprint density at radius 2 is 1.19 bits per heavy atom. The third-order valence-electron chi connectivity index (χ3n) is 11.7. The highest BCUT2D eigenvalue weighted by Crippen LogP contribution is 2.39. The Labute approximate surface area is 343 Å². The monoisotopic (exact) mass is 807 g/mol. The zero-order valence-electron chi connectivity index (χ0n) is 34.6. The van der Waals surface area contributed by atoms with Crippen LogP contribution in [0.5, 0.6) is 0 Å². The molecule has 312 valence electrons. The van der Waals surface area contributed by atoms with Gasteiger partial charge in [-0.05, 0) is 71.9 Å². The fourth-order valence-corrected chi connectivity index (χ4v) is 8.50. The Morgan fingerprint density at radius 1 is 0.712 bits per heavy atom. The molecule has 2 aromatic carbocycles. The molecule has 4 aromatic rings. The zero-order valence-corrected chi connectivity index (χ0v) is 34.6. The second kappa shape index (κ2) is 17.0. The van der Waals surface area contributed by atoms with E-state index in [0.29, 0.717) is 36.8 Å². The highest BCUT2D eigenvalue weighted by atomic mass is 16.5. The predicted molar refractivity (Wildman–Crippen MR) is 219 cm³/mol. The molecule has 16 heteroatoms. The lowest BCUT2D eigenvalue weighted by atomic mass is 9.93. The van der Waals surface area contributed by atoms with Crippen LogP contribution in [0.25, 0.3) is 33.6 Å². The van der Waals surface area contributed by atoms with Gasteiger partial charge in [-0.3, -0.25) is 14.4 Å². The smallest absolute Gasteiger partial charge is 0.407 e. The number of alkyl carbamates (subject to hydrolysis) is 2. The molecule has 2 fully saturated rings. The van der Waals surface area contributed by atoms with E-state index in [-0.39, 0.29) is 41.6 Å². The molecule has 4 atom stereocenters. The number of nitrogens with zero attached hydrogens (tertiary/aromatic N) is 5. The lowest BCUT2D eigenvalue weighted by molar-refractivity contribution is -0.136. The molecule has 0 spiro atoms. The summed E-state index contributed by atoms with van der Waals surface area (Å²) in [6, 6.07) is 9.95. The van der Waals surface area contributed by atoms with Crippen LogP contribution in [-0.4, -0.2) is 111 Å². The number of H-pyrrole nitrogens is 2. The van der Waals surface area contributed by atoms with Crippen LogP contribution in [0.3, 0.4) is 0 Å². The van der Waals surface area contributed by atoms with Gasteiger partial charge in [-0.2, -0.15) is 0 Å². The zero-order chi connectivity index (χ0) is 42.1. The summed E-state index contributed by atoms with van der Waals surface area (Å²) in [5.74, 6) is 0.581. The van der Waals surface area contributed by atoms with Crippen LogP contribution in [0.4, 0.5) is 9.59 Å². The van der Waals surface area contributed by atoms with Crippen LogP contribution in [0.1, 0.15) is 93.0 Å². The number of hydrogen-bond donors (Lipinski definition) is 4. The number of ether oxygens (including phenoxy) is 2. The largest absolute Gasteiger partial charge is 0.453 e. The maximum atomic E-state index is 13.9. The van der Waals surface area contributed by atoms with Crippen LogP contribution in [0.2, 0.25) is 0 Å². The highest BCUT2D eigenvalue weighted by Gasteiger charge is 2.39. The molecule has 0 saturated carbocycles. The number of carbonyl (C=O) groups excluding carboxylic acids is 5. The van der Waals surface area contributed by atoms with Gasteiger partial charge in [0.25, 0.3) is 5.91 Å². The molecule has 0 aliphatic carbocycles. The van der Waals surface area contributed by atoms with Gasteiger partial charge >= 0.3 is 12.2 Å². The van der Waals surface area contributed by atoms with Crippen molar-refractivity contribution < 1.29 is 33.4 Å². The quantitative estimate of drug-likeness (QED) is 0.153. The molecule has 5 heterocycles. The lowest BCUT2D eigenvalue weighted by Gasteiger charge is -2.30. The minimum atomic E-state index is -0.733. The summed E-state index contributed by atoms with van der Waals surface area (Å²) in [5, 5.41) is 5.38. The van der Waals surface area contributed by atoms with Crippen molar-refractivity contribution in [2.24, 2.45) is 11.8 Å². The summed E-state index contributed by atoms with van der Waals surface area (Å²) in [5.41, 5.74) is 6.52. The molecule has 5 amide bonds. The van der Waals surface area contributed by atoms with Crippen LogP contribution in [-0.2, 0) is 25.6 Å². The first-order chi connectivity index (χ1) is 28.3. The van der Waals surface area contributed by atoms with E-state index < -0.39 is 24.3 Å². The van der Waals surface area contributed by atoms with Crippen molar-refractivity contribution in [1.82, 2.24) is 45.3 Å². The predicted octanol–water partition coefficient (Wildman–Crippen LogP) is 5.81. The van der Waals surface area contributed by atoms with E-state index in [0.717, 1.165) is 64.9 Å². The topological polar surface area (TPSA) is 195 Å². The fraction of sp³-hybridized carbons (Fsp3) is 0.465. The number of methoxy groups -OCH3 is 2. The molecule has 2 aromatic heterocycles. The molecule has 0 bridgehead atoms. The van der Waals surface area contributed by atoms with Gasteiger partial charge in [-0.15, -0.1) is 0 Å². The van der Waals surface area contributed by atoms with E-state index in [2.05, 4.69) is 26.7 Å². The van der Waals surface area contributed by atoms with Gasteiger partial charge in [-0.25, -0.2) is 19.6 Å². The Bertz CT molecular complexity index is 2250. The van der Waals surface area contributed by atoms with Crippen LogP contribution in [0.15, 0.2) is 48.8 Å². The Hall–Kier alpha value is -6.19. The van der Waals surface area contributed by atoms with E-state index in [1.807, 2.05) is 58.0 Å². The summed E-state index contributed by atoms with van der Waals surface area (Å²) in [6.45, 7) is 9.04. The number of rotatable bonds is 10. The molecule has 3 aliphatic rings. The minimum absolute atomic E-state index is 0.110. The van der Waals surface area contributed by atoms with Gasteiger partial charge in [-0.1, -0.05) is 52.0 Å². The Kier molecular flexibility index (Phi) is 11.8. The average molecular weight is 808 g/mol. The number of amides is 5. The summed E-state index contributed by atoms with van der Waals surface area (Å²) in [6.07, 6.45) is 5.29. The SMILES string of the molecule is COC(=O)NC(C(=O)N1CCC[C@H]1c1ncc(-c2ccc3c(c2)CN(C)C(=O)c2cc(-c4cnc([C@@H]5CCCN5C(=O)[C@@H](NC(=O)OC)C(C)C)[nH]4)ccc2-3)[nH]1)C(C)C.